The van der Waals surface area contributed by atoms with Crippen LogP contribution >= 0.6 is 0 Å². The molecule has 3 rings (SSSR count). The molecule has 0 radical (unpaired) electrons. The molecule has 0 aliphatic carbocycles. The van der Waals surface area contributed by atoms with Crippen molar-refractivity contribution in [2.45, 2.75) is 58.3 Å². The molecule has 0 unspecified atom stereocenters. The van der Waals surface area contributed by atoms with Crippen LogP contribution < -0.4 is 16.5 Å². The lowest BCUT2D eigenvalue weighted by atomic mass is 9.98. The highest BCUT2D eigenvalue weighted by atomic mass is 16.5. The maximum absolute atomic E-state index is 12.5. The minimum atomic E-state index is -0.503. The zero-order chi connectivity index (χ0) is 26.2. The van der Waals surface area contributed by atoms with Crippen LogP contribution in [0.3, 0.4) is 0 Å². The SMILES string of the molecule is CC(C)c1cc(-c2n[nH]c(=O)n2-c2ccc(NC(=O)CCCCCCC(=O)NO)cc2)c(O)cc1O. The molecule has 2 amide bonds. The number of carbonyl (C=O) groups excluding carboxylic acids is 2. The predicted octanol–water partition coefficient (Wildman–Crippen LogP) is 3.55. The number of phenolic OH excluding ortho intramolecular Hbond substituents is 2. The number of unbranched alkanes of at least 4 members (excludes halogenated alkanes) is 3. The quantitative estimate of drug-likeness (QED) is 0.134. The lowest BCUT2D eigenvalue weighted by Gasteiger charge is -2.13. The molecule has 3 aromatic rings. The first-order valence-electron chi connectivity index (χ1n) is 11.8. The van der Waals surface area contributed by atoms with Crippen molar-refractivity contribution in [3.63, 3.8) is 0 Å². The number of aromatic nitrogens is 3. The third-order valence-electron chi connectivity index (χ3n) is 5.77. The van der Waals surface area contributed by atoms with E-state index in [1.165, 1.54) is 10.6 Å². The fourth-order valence-corrected chi connectivity index (χ4v) is 3.85. The van der Waals surface area contributed by atoms with Gasteiger partial charge in [0.25, 0.3) is 0 Å². The highest BCUT2D eigenvalue weighted by Crippen LogP contribution is 2.37. The van der Waals surface area contributed by atoms with Gasteiger partial charge in [0.15, 0.2) is 5.82 Å². The van der Waals surface area contributed by atoms with Crippen molar-refractivity contribution in [3.05, 3.63) is 52.4 Å². The Morgan fingerprint density at radius 3 is 2.22 bits per heavy atom. The normalized spacial score (nSPS) is 11.0. The third-order valence-corrected chi connectivity index (χ3v) is 5.77. The van der Waals surface area contributed by atoms with Crippen LogP contribution in [0.2, 0.25) is 0 Å². The summed E-state index contributed by atoms with van der Waals surface area (Å²) in [5, 5.41) is 38.3. The van der Waals surface area contributed by atoms with Crippen LogP contribution in [0.15, 0.2) is 41.2 Å². The number of H-pyrrole nitrogens is 1. The number of amides is 2. The molecule has 1 heterocycles. The Morgan fingerprint density at radius 1 is 0.972 bits per heavy atom. The van der Waals surface area contributed by atoms with Crippen LogP contribution in [0.4, 0.5) is 5.69 Å². The summed E-state index contributed by atoms with van der Waals surface area (Å²) in [5.41, 5.74) is 3.04. The number of rotatable bonds is 11. The number of phenols is 2. The second-order valence-electron chi connectivity index (χ2n) is 8.81. The highest BCUT2D eigenvalue weighted by molar-refractivity contribution is 5.90. The van der Waals surface area contributed by atoms with Crippen molar-refractivity contribution in [2.24, 2.45) is 0 Å². The Labute approximate surface area is 207 Å². The highest BCUT2D eigenvalue weighted by Gasteiger charge is 2.19. The summed E-state index contributed by atoms with van der Waals surface area (Å²) in [7, 11) is 0. The molecule has 0 saturated heterocycles. The number of carbonyl (C=O) groups is 2. The molecule has 192 valence electrons. The second-order valence-corrected chi connectivity index (χ2v) is 8.81. The van der Waals surface area contributed by atoms with Gasteiger partial charge in [-0.2, -0.15) is 5.10 Å². The maximum Gasteiger partial charge on any atom is 0.348 e. The van der Waals surface area contributed by atoms with Gasteiger partial charge >= 0.3 is 5.69 Å². The number of anilines is 1. The monoisotopic (exact) mass is 497 g/mol. The van der Waals surface area contributed by atoms with Crippen molar-refractivity contribution in [1.29, 1.82) is 0 Å². The molecular formula is C25H31N5O6. The van der Waals surface area contributed by atoms with E-state index in [2.05, 4.69) is 15.5 Å². The average molecular weight is 498 g/mol. The Hall–Kier alpha value is -4.12. The van der Waals surface area contributed by atoms with Crippen LogP contribution in [0.1, 0.15) is 63.9 Å². The molecular weight excluding hydrogens is 466 g/mol. The molecule has 0 aliphatic rings. The number of nitrogens with zero attached hydrogens (tertiary/aromatic N) is 2. The lowest BCUT2D eigenvalue weighted by Crippen LogP contribution is -2.17. The summed E-state index contributed by atoms with van der Waals surface area (Å²) in [5.74, 6) is -0.636. The maximum atomic E-state index is 12.5. The fourth-order valence-electron chi connectivity index (χ4n) is 3.85. The molecule has 6 N–H and O–H groups in total. The average Bonchev–Trinajstić information content (AvgIpc) is 3.22. The number of benzene rings is 2. The van der Waals surface area contributed by atoms with Gasteiger partial charge < -0.3 is 15.5 Å². The first-order chi connectivity index (χ1) is 17.2. The molecule has 0 saturated carbocycles. The fraction of sp³-hybridized carbons (Fsp3) is 0.360. The Bertz CT molecular complexity index is 1260. The van der Waals surface area contributed by atoms with Crippen LogP contribution in [0.25, 0.3) is 17.1 Å². The van der Waals surface area contributed by atoms with E-state index in [1.807, 2.05) is 13.8 Å². The van der Waals surface area contributed by atoms with Gasteiger partial charge in [0.2, 0.25) is 11.8 Å². The van der Waals surface area contributed by atoms with E-state index < -0.39 is 11.6 Å². The summed E-state index contributed by atoms with van der Waals surface area (Å²) in [6.45, 7) is 3.80. The minimum absolute atomic E-state index is 0.0147. The number of nitrogens with one attached hydrogen (secondary N) is 3. The Balaban J connectivity index is 1.67. The van der Waals surface area contributed by atoms with E-state index >= 15 is 0 Å². The molecule has 11 nitrogen and oxygen atoms in total. The van der Waals surface area contributed by atoms with Crippen molar-refractivity contribution in [2.75, 3.05) is 5.32 Å². The van der Waals surface area contributed by atoms with E-state index in [4.69, 9.17) is 5.21 Å². The van der Waals surface area contributed by atoms with Crippen molar-refractivity contribution in [3.8, 4) is 28.6 Å². The van der Waals surface area contributed by atoms with Gasteiger partial charge in [0.1, 0.15) is 11.5 Å². The van der Waals surface area contributed by atoms with Crippen LogP contribution in [0, 0.1) is 0 Å². The first-order valence-corrected chi connectivity index (χ1v) is 11.8. The van der Waals surface area contributed by atoms with Gasteiger partial charge in [-0.05, 0) is 54.7 Å². The van der Waals surface area contributed by atoms with Gasteiger partial charge in [0.05, 0.1) is 11.3 Å². The number of hydroxylamine groups is 1. The van der Waals surface area contributed by atoms with Gasteiger partial charge in [-0.1, -0.05) is 26.7 Å². The largest absolute Gasteiger partial charge is 0.508 e. The number of hydrogen-bond donors (Lipinski definition) is 6. The third kappa shape index (κ3) is 6.51. The Morgan fingerprint density at radius 2 is 1.61 bits per heavy atom. The molecule has 36 heavy (non-hydrogen) atoms. The van der Waals surface area contributed by atoms with E-state index in [1.54, 1.807) is 35.8 Å². The van der Waals surface area contributed by atoms with Crippen molar-refractivity contribution < 1.29 is 25.0 Å². The molecule has 1 aromatic heterocycles. The van der Waals surface area contributed by atoms with Crippen LogP contribution in [-0.4, -0.2) is 42.0 Å². The topological polar surface area (TPSA) is 170 Å². The minimum Gasteiger partial charge on any atom is -0.508 e. The first kappa shape index (κ1) is 26.5. The molecule has 0 atom stereocenters. The number of aromatic hydroxyl groups is 2. The van der Waals surface area contributed by atoms with Crippen molar-refractivity contribution >= 4 is 17.5 Å². The summed E-state index contributed by atoms with van der Waals surface area (Å²) < 4.78 is 1.30. The number of hydrogen-bond acceptors (Lipinski definition) is 7. The predicted molar refractivity (Wildman–Crippen MR) is 133 cm³/mol. The summed E-state index contributed by atoms with van der Waals surface area (Å²) in [4.78, 5) is 35.7. The molecule has 2 aromatic carbocycles. The van der Waals surface area contributed by atoms with Gasteiger partial charge in [0, 0.05) is 24.6 Å². The van der Waals surface area contributed by atoms with Crippen molar-refractivity contribution in [1.82, 2.24) is 20.2 Å². The molecule has 0 aliphatic heterocycles. The van der Waals surface area contributed by atoms with Crippen LogP contribution in [0.5, 0.6) is 11.5 Å². The number of aromatic amines is 1. The molecule has 11 heteroatoms. The molecule has 0 fully saturated rings. The second kappa shape index (κ2) is 12.0. The summed E-state index contributed by atoms with van der Waals surface area (Å²) in [6.07, 6.45) is 3.48. The zero-order valence-corrected chi connectivity index (χ0v) is 20.2. The molecule has 0 bridgehead atoms. The van der Waals surface area contributed by atoms with Gasteiger partial charge in [-0.3, -0.25) is 14.8 Å². The van der Waals surface area contributed by atoms with E-state index in [-0.39, 0.29) is 35.6 Å². The molecule has 0 spiro atoms. The Kier molecular flexibility index (Phi) is 8.85. The standard InChI is InChI=1S/C25H31N5O6/c1-15(2)18-13-19(21(32)14-20(18)31)24-27-28-25(35)30(24)17-11-9-16(10-12-17)26-22(33)7-5-3-4-6-8-23(34)29-36/h9-15,31-32,36H,3-8H2,1-2H3,(H,26,33)(H,28,35)(H,29,34). The summed E-state index contributed by atoms with van der Waals surface area (Å²) in [6, 6.07) is 9.49. The van der Waals surface area contributed by atoms with E-state index in [0.717, 1.165) is 12.8 Å². The lowest BCUT2D eigenvalue weighted by molar-refractivity contribution is -0.129. The van der Waals surface area contributed by atoms with Gasteiger partial charge in [-0.25, -0.2) is 19.9 Å². The van der Waals surface area contributed by atoms with E-state index in [0.29, 0.717) is 41.8 Å². The summed E-state index contributed by atoms with van der Waals surface area (Å²) >= 11 is 0. The van der Waals surface area contributed by atoms with E-state index in [9.17, 15) is 24.6 Å². The van der Waals surface area contributed by atoms with Gasteiger partial charge in [-0.15, -0.1) is 0 Å². The smallest absolute Gasteiger partial charge is 0.348 e. The van der Waals surface area contributed by atoms with Crippen LogP contribution in [-0.2, 0) is 9.59 Å². The zero-order valence-electron chi connectivity index (χ0n) is 20.2.